The molecule has 1 aromatic heterocycles. The summed E-state index contributed by atoms with van der Waals surface area (Å²) in [6.45, 7) is -0.876. The molecule has 38 heavy (non-hydrogen) atoms. The summed E-state index contributed by atoms with van der Waals surface area (Å²) in [6, 6.07) is 25.5. The van der Waals surface area contributed by atoms with Crippen molar-refractivity contribution in [3.63, 3.8) is 0 Å². The van der Waals surface area contributed by atoms with Gasteiger partial charge in [-0.25, -0.2) is 13.8 Å². The number of aliphatic carboxylic acids is 1. The number of rotatable bonds is 8. The zero-order valence-electron chi connectivity index (χ0n) is 20.4. The Morgan fingerprint density at radius 1 is 0.763 bits per heavy atom. The number of halogens is 2. The van der Waals surface area contributed by atoms with Gasteiger partial charge in [0.1, 0.15) is 30.6 Å². The van der Waals surface area contributed by atoms with Crippen molar-refractivity contribution in [3.05, 3.63) is 108 Å². The second-order valence-corrected chi connectivity index (χ2v) is 8.15. The van der Waals surface area contributed by atoms with Crippen molar-refractivity contribution < 1.29 is 57.7 Å². The molecule has 0 radical (unpaired) electrons. The van der Waals surface area contributed by atoms with Gasteiger partial charge in [-0.2, -0.15) is 4.98 Å². The second kappa shape index (κ2) is 12.1. The molecule has 0 saturated heterocycles. The number of fused-ring (bicyclic) bond motifs is 1. The maximum atomic E-state index is 13.9. The normalized spacial score (nSPS) is 10.6. The topological polar surface area (TPSA) is 84.4 Å². The summed E-state index contributed by atoms with van der Waals surface area (Å²) >= 11 is 0. The monoisotopic (exact) mass is 520 g/mol. The van der Waals surface area contributed by atoms with Crippen molar-refractivity contribution >= 4 is 16.7 Å². The maximum Gasteiger partial charge on any atom is 1.00 e. The van der Waals surface area contributed by atoms with Crippen LogP contribution in [0.1, 0.15) is 5.56 Å². The van der Waals surface area contributed by atoms with E-state index in [0.29, 0.717) is 22.8 Å². The minimum absolute atomic E-state index is 0. The Labute approximate surface area is 239 Å². The van der Waals surface area contributed by atoms with Crippen LogP contribution in [-0.2, 0) is 11.4 Å². The van der Waals surface area contributed by atoms with Crippen molar-refractivity contribution in [2.24, 2.45) is 0 Å². The SMILES string of the molecule is O=C([O-])COc1cc(-c2ccccc2)nc(-c2ccc3cc(OCc4c(F)cccc4F)ccc3c2)n1.[Na+]. The molecular weight excluding hydrogens is 501 g/mol. The van der Waals surface area contributed by atoms with Crippen LogP contribution < -0.4 is 44.1 Å². The van der Waals surface area contributed by atoms with Gasteiger partial charge in [0.2, 0.25) is 5.88 Å². The molecule has 0 bridgehead atoms. The van der Waals surface area contributed by atoms with E-state index in [1.807, 2.05) is 54.6 Å². The standard InChI is InChI=1S/C29H20F2N2O4.Na/c30-24-7-4-8-25(31)23(24)16-36-22-12-11-19-13-21(10-9-20(19)14-22)29-32-26(18-5-2-1-3-6-18)15-27(33-29)37-17-28(34)35;/h1-15H,16-17H2,(H,34,35);/q;+1/p-1. The predicted octanol–water partition coefficient (Wildman–Crippen LogP) is 1.95. The first-order valence-corrected chi connectivity index (χ1v) is 11.3. The molecule has 184 valence electrons. The van der Waals surface area contributed by atoms with Gasteiger partial charge in [0.05, 0.1) is 17.2 Å². The number of carboxylic acids is 1. The van der Waals surface area contributed by atoms with Gasteiger partial charge in [0.25, 0.3) is 0 Å². The van der Waals surface area contributed by atoms with E-state index in [1.165, 1.54) is 18.2 Å². The Morgan fingerprint density at radius 2 is 1.47 bits per heavy atom. The molecule has 0 unspecified atom stereocenters. The fraction of sp³-hybridized carbons (Fsp3) is 0.0690. The number of carboxylic acid groups (broad SMARTS) is 1. The molecule has 0 aliphatic carbocycles. The van der Waals surface area contributed by atoms with E-state index in [2.05, 4.69) is 9.97 Å². The van der Waals surface area contributed by atoms with Gasteiger partial charge in [-0.3, -0.25) is 0 Å². The third-order valence-corrected chi connectivity index (χ3v) is 5.62. The third kappa shape index (κ3) is 6.34. The van der Waals surface area contributed by atoms with Gasteiger partial charge in [-0.15, -0.1) is 0 Å². The fourth-order valence-corrected chi connectivity index (χ4v) is 3.80. The van der Waals surface area contributed by atoms with Crippen LogP contribution >= 0.6 is 0 Å². The molecule has 0 aliphatic heterocycles. The van der Waals surface area contributed by atoms with Gasteiger partial charge in [0.15, 0.2) is 5.82 Å². The molecule has 5 aromatic rings. The Morgan fingerprint density at radius 3 is 2.21 bits per heavy atom. The van der Waals surface area contributed by atoms with E-state index >= 15 is 0 Å². The largest absolute Gasteiger partial charge is 1.00 e. The number of ether oxygens (including phenoxy) is 2. The Balaban J connectivity index is 0.00000336. The Hall–Kier alpha value is -3.85. The van der Waals surface area contributed by atoms with E-state index in [4.69, 9.17) is 9.47 Å². The Kier molecular flexibility index (Phi) is 8.68. The average Bonchev–Trinajstić information content (AvgIpc) is 2.91. The van der Waals surface area contributed by atoms with Crippen LogP contribution in [0.2, 0.25) is 0 Å². The van der Waals surface area contributed by atoms with Gasteiger partial charge in [-0.1, -0.05) is 54.6 Å². The minimum atomic E-state index is -1.36. The number of benzene rings is 4. The first-order valence-electron chi connectivity index (χ1n) is 11.3. The summed E-state index contributed by atoms with van der Waals surface area (Å²) in [4.78, 5) is 19.9. The molecule has 0 fully saturated rings. The zero-order valence-corrected chi connectivity index (χ0v) is 22.4. The van der Waals surface area contributed by atoms with Crippen LogP contribution in [0.4, 0.5) is 8.78 Å². The smallest absolute Gasteiger partial charge is 0.546 e. The van der Waals surface area contributed by atoms with Crippen LogP contribution in [0.15, 0.2) is 91.0 Å². The number of carbonyl (C=O) groups excluding carboxylic acids is 1. The quantitative estimate of drug-likeness (QED) is 0.291. The van der Waals surface area contributed by atoms with Gasteiger partial charge in [0, 0.05) is 17.2 Å². The summed E-state index contributed by atoms with van der Waals surface area (Å²) in [7, 11) is 0. The molecule has 0 atom stereocenters. The summed E-state index contributed by atoms with van der Waals surface area (Å²) in [6.07, 6.45) is 0. The molecule has 0 N–H and O–H groups in total. The van der Waals surface area contributed by atoms with Crippen molar-refractivity contribution in [2.75, 3.05) is 6.61 Å². The van der Waals surface area contributed by atoms with Gasteiger partial charge in [-0.05, 0) is 41.1 Å². The predicted molar refractivity (Wildman–Crippen MR) is 132 cm³/mol. The first kappa shape index (κ1) is 27.2. The average molecular weight is 520 g/mol. The number of aromatic nitrogens is 2. The van der Waals surface area contributed by atoms with Gasteiger partial charge >= 0.3 is 29.6 Å². The molecule has 1 heterocycles. The summed E-state index contributed by atoms with van der Waals surface area (Å²) in [5.74, 6) is -1.76. The van der Waals surface area contributed by atoms with Crippen LogP contribution in [-0.4, -0.2) is 22.5 Å². The third-order valence-electron chi connectivity index (χ3n) is 5.62. The van der Waals surface area contributed by atoms with E-state index in [1.54, 1.807) is 18.2 Å². The van der Waals surface area contributed by atoms with Crippen molar-refractivity contribution in [2.45, 2.75) is 6.61 Å². The summed E-state index contributed by atoms with van der Waals surface area (Å²) in [5, 5.41) is 12.6. The Bertz CT molecular complexity index is 1580. The van der Waals surface area contributed by atoms with E-state index in [0.717, 1.165) is 16.3 Å². The van der Waals surface area contributed by atoms with Gasteiger partial charge < -0.3 is 19.4 Å². The molecule has 6 nitrogen and oxygen atoms in total. The van der Waals surface area contributed by atoms with E-state index in [9.17, 15) is 18.7 Å². The molecule has 9 heteroatoms. The van der Waals surface area contributed by atoms with E-state index in [-0.39, 0.29) is 47.6 Å². The van der Waals surface area contributed by atoms with E-state index < -0.39 is 24.2 Å². The molecule has 0 amide bonds. The van der Waals surface area contributed by atoms with Crippen molar-refractivity contribution in [3.8, 4) is 34.3 Å². The molecule has 5 rings (SSSR count). The molecule has 0 saturated carbocycles. The van der Waals surface area contributed by atoms with Crippen LogP contribution in [0.25, 0.3) is 33.4 Å². The summed E-state index contributed by atoms with van der Waals surface area (Å²) in [5.41, 5.74) is 1.94. The number of nitrogens with zero attached hydrogens (tertiary/aromatic N) is 2. The second-order valence-electron chi connectivity index (χ2n) is 8.15. The summed E-state index contributed by atoms with van der Waals surface area (Å²) < 4.78 is 38.7. The zero-order chi connectivity index (χ0) is 25.8. The molecular formula is C29H19F2N2NaO4. The van der Waals surface area contributed by atoms with Crippen LogP contribution in [0.3, 0.4) is 0 Å². The molecule has 4 aromatic carbocycles. The van der Waals surface area contributed by atoms with Crippen molar-refractivity contribution in [1.29, 1.82) is 0 Å². The number of hydrogen-bond donors (Lipinski definition) is 0. The fourth-order valence-electron chi connectivity index (χ4n) is 3.80. The number of hydrogen-bond acceptors (Lipinski definition) is 6. The molecule has 0 spiro atoms. The van der Waals surface area contributed by atoms with Crippen LogP contribution in [0.5, 0.6) is 11.6 Å². The van der Waals surface area contributed by atoms with Crippen molar-refractivity contribution in [1.82, 2.24) is 9.97 Å². The molecule has 0 aliphatic rings. The first-order chi connectivity index (χ1) is 18.0. The maximum absolute atomic E-state index is 13.9. The van der Waals surface area contributed by atoms with Crippen LogP contribution in [0, 0.1) is 11.6 Å². The number of carbonyl (C=O) groups is 1. The minimum Gasteiger partial charge on any atom is -0.546 e.